The zero-order chi connectivity index (χ0) is 37.8. The van der Waals surface area contributed by atoms with E-state index in [2.05, 4.69) is 10.0 Å². The largest absolute Gasteiger partial charge is 0.463 e. The number of hydrogen-bond acceptors (Lipinski definition) is 13. The van der Waals surface area contributed by atoms with Crippen LogP contribution in [0, 0.1) is 11.8 Å². The van der Waals surface area contributed by atoms with Crippen LogP contribution >= 0.6 is 0 Å². The van der Waals surface area contributed by atoms with E-state index in [1.54, 1.807) is 31.2 Å². The van der Waals surface area contributed by atoms with E-state index >= 15 is 0 Å². The van der Waals surface area contributed by atoms with Crippen molar-refractivity contribution in [1.82, 2.24) is 4.90 Å². The highest BCUT2D eigenvalue weighted by Gasteiger charge is 2.51. The third-order valence-corrected chi connectivity index (χ3v) is 8.90. The molecule has 0 saturated carbocycles. The van der Waals surface area contributed by atoms with Gasteiger partial charge in [-0.05, 0) is 29.5 Å². The van der Waals surface area contributed by atoms with E-state index in [0.29, 0.717) is 5.56 Å². The summed E-state index contributed by atoms with van der Waals surface area (Å²) in [5, 5.41) is 3.91. The van der Waals surface area contributed by atoms with Crippen molar-refractivity contribution in [2.45, 2.75) is 104 Å². The third-order valence-electron chi connectivity index (χ3n) is 8.90. The van der Waals surface area contributed by atoms with Crippen LogP contribution in [0.1, 0.15) is 52.7 Å². The molecule has 2 heterocycles. The van der Waals surface area contributed by atoms with Crippen molar-refractivity contribution in [1.29, 1.82) is 0 Å². The molecule has 2 fully saturated rings. The highest BCUT2D eigenvalue weighted by Crippen LogP contribution is 2.37. The molecule has 0 spiro atoms. The summed E-state index contributed by atoms with van der Waals surface area (Å²) in [5.74, 6) is -2.78. The average Bonchev–Trinajstić information content (AvgIpc) is 3.11. The van der Waals surface area contributed by atoms with Gasteiger partial charge in [0.25, 0.3) is 0 Å². The van der Waals surface area contributed by atoms with Gasteiger partial charge in [-0.2, -0.15) is 0 Å². The Labute approximate surface area is 302 Å². The molecule has 2 saturated heterocycles. The summed E-state index contributed by atoms with van der Waals surface area (Å²) in [6, 6.07) is 17.3. The van der Waals surface area contributed by atoms with Gasteiger partial charge in [0.2, 0.25) is 5.91 Å². The maximum atomic E-state index is 12.9. The highest BCUT2D eigenvalue weighted by atomic mass is 16.7. The molecule has 4 rings (SSSR count). The quantitative estimate of drug-likeness (QED) is 0.0630. The number of carbonyl (C=O) groups is 4. The fraction of sp³-hybridized carbons (Fsp3) is 0.556. The molecular weight excluding hydrogens is 680 g/mol. The minimum absolute atomic E-state index is 0.0850. The van der Waals surface area contributed by atoms with Crippen molar-refractivity contribution in [3.8, 4) is 0 Å². The molecule has 16 nitrogen and oxygen atoms in total. The smallest absolute Gasteiger partial charge is 0.418 e. The van der Waals surface area contributed by atoms with E-state index in [1.807, 2.05) is 50.2 Å². The molecule has 16 heteroatoms. The maximum Gasteiger partial charge on any atom is 0.418 e. The lowest BCUT2D eigenvalue weighted by Crippen LogP contribution is -2.61. The van der Waals surface area contributed by atoms with Crippen molar-refractivity contribution in [3.05, 3.63) is 82.2 Å². The molecule has 10 atom stereocenters. The molecule has 0 aliphatic carbocycles. The Hall–Kier alpha value is -4.57. The number of rotatable bonds is 14. The number of amides is 2. The Morgan fingerprint density at radius 3 is 1.98 bits per heavy atom. The molecule has 0 radical (unpaired) electrons. The predicted molar refractivity (Wildman–Crippen MR) is 181 cm³/mol. The first-order chi connectivity index (χ1) is 24.9. The Morgan fingerprint density at radius 1 is 0.769 bits per heavy atom. The number of hydrogen-bond donors (Lipinski definition) is 0. The van der Waals surface area contributed by atoms with Crippen LogP contribution in [-0.2, 0) is 65.5 Å². The Bertz CT molecular complexity index is 1540. The van der Waals surface area contributed by atoms with Crippen molar-refractivity contribution < 1.29 is 57.1 Å². The molecule has 2 aliphatic rings. The van der Waals surface area contributed by atoms with Gasteiger partial charge in [0.15, 0.2) is 18.7 Å². The summed E-state index contributed by atoms with van der Waals surface area (Å²) in [6.45, 7) is 8.36. The van der Waals surface area contributed by atoms with Crippen LogP contribution in [0.4, 0.5) is 4.79 Å². The van der Waals surface area contributed by atoms with E-state index in [-0.39, 0.29) is 25.7 Å². The molecule has 2 aromatic carbocycles. The van der Waals surface area contributed by atoms with Crippen LogP contribution in [0.3, 0.4) is 0 Å². The fourth-order valence-electron chi connectivity index (χ4n) is 5.96. The van der Waals surface area contributed by atoms with Crippen LogP contribution in [0.2, 0.25) is 0 Å². The Morgan fingerprint density at radius 2 is 1.40 bits per heavy atom. The van der Waals surface area contributed by atoms with Crippen LogP contribution in [-0.4, -0.2) is 91.3 Å². The lowest BCUT2D eigenvalue weighted by molar-refractivity contribution is -0.337. The second kappa shape index (κ2) is 19.3. The number of azide groups is 1. The van der Waals surface area contributed by atoms with Gasteiger partial charge < -0.3 is 37.9 Å². The third kappa shape index (κ3) is 11.0. The minimum Gasteiger partial charge on any atom is -0.463 e. The molecule has 0 N–H and O–H groups in total. The van der Waals surface area contributed by atoms with Crippen molar-refractivity contribution >= 4 is 23.9 Å². The topological polar surface area (TPSA) is 194 Å². The van der Waals surface area contributed by atoms with Gasteiger partial charge in [0, 0.05) is 31.6 Å². The zero-order valence-corrected chi connectivity index (χ0v) is 30.1. The number of esters is 2. The lowest BCUT2D eigenvalue weighted by atomic mass is 9.88. The first-order valence-corrected chi connectivity index (χ1v) is 17.0. The van der Waals surface area contributed by atoms with E-state index in [1.165, 1.54) is 13.8 Å². The van der Waals surface area contributed by atoms with Gasteiger partial charge in [-0.3, -0.25) is 14.4 Å². The normalized spacial score (nSPS) is 28.5. The lowest BCUT2D eigenvalue weighted by Gasteiger charge is -2.48. The minimum atomic E-state index is -1.33. The second-order valence-electron chi connectivity index (χ2n) is 12.7. The van der Waals surface area contributed by atoms with Crippen LogP contribution in [0.25, 0.3) is 10.4 Å². The van der Waals surface area contributed by atoms with E-state index < -0.39 is 85.7 Å². The summed E-state index contributed by atoms with van der Waals surface area (Å²) in [6.07, 6.45) is -7.56. The fourth-order valence-corrected chi connectivity index (χ4v) is 5.96. The summed E-state index contributed by atoms with van der Waals surface area (Å²) < 4.78 is 47.6. The Balaban J connectivity index is 1.55. The first kappa shape index (κ1) is 40.2. The number of carbonyl (C=O) groups excluding carboxylic acids is 4. The molecule has 2 amide bonds. The summed E-state index contributed by atoms with van der Waals surface area (Å²) in [4.78, 5) is 53.3. The van der Waals surface area contributed by atoms with Crippen molar-refractivity contribution in [3.63, 3.8) is 0 Å². The number of ether oxygens (including phenoxy) is 8. The monoisotopic (exact) mass is 726 g/mol. The zero-order valence-electron chi connectivity index (χ0n) is 30.1. The molecule has 282 valence electrons. The van der Waals surface area contributed by atoms with Gasteiger partial charge in [-0.25, -0.2) is 9.69 Å². The predicted octanol–water partition coefficient (Wildman–Crippen LogP) is 5.03. The van der Waals surface area contributed by atoms with E-state index in [9.17, 15) is 24.7 Å². The molecule has 0 aromatic heterocycles. The van der Waals surface area contributed by atoms with Gasteiger partial charge in [0.1, 0.15) is 32.2 Å². The average molecular weight is 727 g/mol. The van der Waals surface area contributed by atoms with Crippen LogP contribution < -0.4 is 0 Å². The maximum absolute atomic E-state index is 12.9. The number of benzene rings is 2. The molecule has 0 bridgehead atoms. The van der Waals surface area contributed by atoms with Gasteiger partial charge in [0.05, 0.1) is 24.9 Å². The van der Waals surface area contributed by atoms with E-state index in [4.69, 9.17) is 37.9 Å². The molecular formula is C36H46N4O12. The van der Waals surface area contributed by atoms with Crippen LogP contribution in [0.15, 0.2) is 65.8 Å². The molecule has 4 unspecified atom stereocenters. The van der Waals surface area contributed by atoms with Crippen molar-refractivity contribution in [2.24, 2.45) is 17.0 Å². The molecule has 2 aromatic rings. The molecule has 52 heavy (non-hydrogen) atoms. The number of nitrogens with zero attached hydrogens (tertiary/aromatic N) is 4. The first-order valence-electron chi connectivity index (χ1n) is 17.0. The summed E-state index contributed by atoms with van der Waals surface area (Å²) >= 11 is 0. The highest BCUT2D eigenvalue weighted by molar-refractivity contribution is 5.90. The second-order valence-corrected chi connectivity index (χ2v) is 12.7. The van der Waals surface area contributed by atoms with Gasteiger partial charge >= 0.3 is 18.0 Å². The van der Waals surface area contributed by atoms with Crippen LogP contribution in [0.5, 0.6) is 0 Å². The van der Waals surface area contributed by atoms with Gasteiger partial charge in [-0.1, -0.05) is 79.6 Å². The molecule has 2 aliphatic heterocycles. The van der Waals surface area contributed by atoms with Gasteiger partial charge in [-0.15, -0.1) is 0 Å². The SMILES string of the molecule is CC(=O)OCC1O[C@@H](OCN(C(C)=O)C(=O)OCc2ccccc2)C(N=[N+]=[N-])[C@@H](C)[C@H]1O[C@@H]1OC(C)[C@H](C)[C@@H](OCc2ccccc2)C1OC(C)=O. The standard InChI is InChI=1S/C36H46N4O12/c1-21-23(3)49-35(33(50-26(6)43)32(21)46-17-27-13-9-7-10-14-27)52-31-22(2)30(38-39-37)34(51-29(31)19-45-25(5)42)48-20-40(24(4)41)36(44)47-18-28-15-11-8-12-16-28/h7-16,21-23,29-35H,17-20H2,1-6H3/t21-,22+,23?,29?,30?,31+,32+,33?,34+,35-/m0/s1. The summed E-state index contributed by atoms with van der Waals surface area (Å²) in [5.41, 5.74) is 11.2. The van der Waals surface area contributed by atoms with E-state index in [0.717, 1.165) is 17.4 Å². The summed E-state index contributed by atoms with van der Waals surface area (Å²) in [7, 11) is 0. The number of imide groups is 1. The Kier molecular flexibility index (Phi) is 14.9. The van der Waals surface area contributed by atoms with Crippen molar-refractivity contribution in [2.75, 3.05) is 13.3 Å².